The van der Waals surface area contributed by atoms with E-state index in [-0.39, 0.29) is 12.0 Å². The molecule has 1 saturated carbocycles. The number of fused-ring (bicyclic) bond motifs is 1. The lowest BCUT2D eigenvalue weighted by molar-refractivity contribution is -0.141. The number of nitrogens with zero attached hydrogens (tertiary/aromatic N) is 2. The average molecular weight is 432 g/mol. The molecule has 1 aromatic carbocycles. The summed E-state index contributed by atoms with van der Waals surface area (Å²) in [6, 6.07) is 9.81. The summed E-state index contributed by atoms with van der Waals surface area (Å²) in [5.74, 6) is 0.820. The fourth-order valence-electron chi connectivity index (χ4n) is 3.61. The summed E-state index contributed by atoms with van der Waals surface area (Å²) in [6.07, 6.45) is -0.492. The van der Waals surface area contributed by atoms with Gasteiger partial charge >= 0.3 is 12.3 Å². The third kappa shape index (κ3) is 4.68. The van der Waals surface area contributed by atoms with E-state index in [1.54, 1.807) is 12.3 Å². The van der Waals surface area contributed by atoms with E-state index in [1.807, 2.05) is 39.0 Å². The van der Waals surface area contributed by atoms with Gasteiger partial charge in [-0.05, 0) is 75.4 Å². The lowest BCUT2D eigenvalue weighted by Gasteiger charge is -2.35. The first-order valence-electron chi connectivity index (χ1n) is 10.0. The number of alkyl halides is 3. The Hall–Kier alpha value is -3.03. The van der Waals surface area contributed by atoms with Gasteiger partial charge in [0.15, 0.2) is 0 Å². The quantitative estimate of drug-likeness (QED) is 0.497. The van der Waals surface area contributed by atoms with E-state index in [0.29, 0.717) is 18.6 Å². The summed E-state index contributed by atoms with van der Waals surface area (Å²) < 4.78 is 50.8. The third-order valence-corrected chi connectivity index (χ3v) is 5.20. The van der Waals surface area contributed by atoms with Crippen molar-refractivity contribution in [2.75, 3.05) is 0 Å². The van der Waals surface area contributed by atoms with Gasteiger partial charge in [-0.1, -0.05) is 6.07 Å². The lowest BCUT2D eigenvalue weighted by Crippen LogP contribution is -2.32. The third-order valence-electron chi connectivity index (χ3n) is 5.20. The van der Waals surface area contributed by atoms with Crippen molar-refractivity contribution in [3.8, 4) is 5.75 Å². The molecule has 0 amide bonds. The minimum atomic E-state index is -4.43. The summed E-state index contributed by atoms with van der Waals surface area (Å²) in [6.45, 7) is 5.44. The second kappa shape index (κ2) is 7.59. The summed E-state index contributed by atoms with van der Waals surface area (Å²) >= 11 is 0. The number of rotatable bonds is 3. The average Bonchev–Trinajstić information content (AvgIpc) is 3.06. The molecule has 0 saturated heterocycles. The van der Waals surface area contributed by atoms with Crippen LogP contribution < -0.4 is 4.74 Å². The summed E-state index contributed by atoms with van der Waals surface area (Å²) in [7, 11) is 0. The maximum absolute atomic E-state index is 12.6. The highest BCUT2D eigenvalue weighted by atomic mass is 19.4. The van der Waals surface area contributed by atoms with Crippen LogP contribution in [0.25, 0.3) is 10.9 Å². The van der Waals surface area contributed by atoms with Crippen LogP contribution >= 0.6 is 0 Å². The molecule has 8 heteroatoms. The lowest BCUT2D eigenvalue weighted by atomic mass is 9.78. The van der Waals surface area contributed by atoms with Gasteiger partial charge in [0.25, 0.3) is 0 Å². The number of ether oxygens (including phenoxy) is 2. The van der Waals surface area contributed by atoms with Crippen molar-refractivity contribution < 1.29 is 27.4 Å². The largest absolute Gasteiger partial charge is 0.490 e. The normalized spacial score (nSPS) is 19.2. The molecule has 1 fully saturated rings. The Labute approximate surface area is 177 Å². The number of halogens is 3. The minimum Gasteiger partial charge on any atom is -0.490 e. The number of carbonyl (C=O) groups excluding carboxylic acids is 1. The van der Waals surface area contributed by atoms with Gasteiger partial charge < -0.3 is 9.47 Å². The highest BCUT2D eigenvalue weighted by molar-refractivity contribution is 5.90. The fraction of sp³-hybridized carbons (Fsp3) is 0.391. The summed E-state index contributed by atoms with van der Waals surface area (Å²) in [4.78, 5) is 15.9. The zero-order valence-corrected chi connectivity index (χ0v) is 17.4. The van der Waals surface area contributed by atoms with Gasteiger partial charge in [0.2, 0.25) is 0 Å². The van der Waals surface area contributed by atoms with E-state index in [4.69, 9.17) is 9.47 Å². The van der Waals surface area contributed by atoms with Crippen LogP contribution in [0.5, 0.6) is 5.75 Å². The summed E-state index contributed by atoms with van der Waals surface area (Å²) in [5, 5.41) is 0.853. The SMILES string of the molecule is CC(C)(C)OC(=O)n1ccc2cc(OC3CC(c4ccc(C(F)(F)F)nc4)C3)ccc21. The predicted octanol–water partition coefficient (Wildman–Crippen LogP) is 6.16. The van der Waals surface area contributed by atoms with E-state index in [2.05, 4.69) is 4.98 Å². The molecule has 2 heterocycles. The Bertz CT molecular complexity index is 1090. The Morgan fingerprint density at radius 1 is 1.10 bits per heavy atom. The van der Waals surface area contributed by atoms with E-state index in [9.17, 15) is 18.0 Å². The highest BCUT2D eigenvalue weighted by Crippen LogP contribution is 2.40. The molecule has 0 aliphatic heterocycles. The predicted molar refractivity (Wildman–Crippen MR) is 109 cm³/mol. The molecular weight excluding hydrogens is 409 g/mol. The van der Waals surface area contributed by atoms with Crippen LogP contribution in [-0.4, -0.2) is 27.3 Å². The Kier molecular flexibility index (Phi) is 5.19. The van der Waals surface area contributed by atoms with Crippen molar-refractivity contribution in [3.63, 3.8) is 0 Å². The van der Waals surface area contributed by atoms with Crippen LogP contribution in [0.3, 0.4) is 0 Å². The van der Waals surface area contributed by atoms with Gasteiger partial charge in [-0.2, -0.15) is 13.2 Å². The van der Waals surface area contributed by atoms with Crippen molar-refractivity contribution in [1.82, 2.24) is 9.55 Å². The Balaban J connectivity index is 1.38. The molecule has 0 unspecified atom stereocenters. The Morgan fingerprint density at radius 2 is 1.84 bits per heavy atom. The smallest absolute Gasteiger partial charge is 0.433 e. The second-order valence-electron chi connectivity index (χ2n) is 8.77. The van der Waals surface area contributed by atoms with Crippen molar-refractivity contribution in [3.05, 3.63) is 60.0 Å². The summed E-state index contributed by atoms with van der Waals surface area (Å²) in [5.41, 5.74) is 0.0525. The standard InChI is InChI=1S/C23H23F3N2O3/c1-22(2,3)31-21(29)28-9-8-14-10-17(5-6-19(14)28)30-18-11-16(12-18)15-4-7-20(27-13-15)23(24,25)26/h4-10,13,16,18H,11-12H2,1-3H3. The molecule has 31 heavy (non-hydrogen) atoms. The van der Waals surface area contributed by atoms with Gasteiger partial charge in [0.1, 0.15) is 17.0 Å². The maximum atomic E-state index is 12.6. The van der Waals surface area contributed by atoms with E-state index >= 15 is 0 Å². The molecule has 164 valence electrons. The molecular formula is C23H23F3N2O3. The maximum Gasteiger partial charge on any atom is 0.433 e. The molecule has 0 atom stereocenters. The highest BCUT2D eigenvalue weighted by Gasteiger charge is 2.35. The second-order valence-corrected chi connectivity index (χ2v) is 8.77. The van der Waals surface area contributed by atoms with Crippen LogP contribution in [-0.2, 0) is 10.9 Å². The van der Waals surface area contributed by atoms with E-state index in [0.717, 1.165) is 22.5 Å². The van der Waals surface area contributed by atoms with Crippen LogP contribution in [0.15, 0.2) is 48.8 Å². The molecule has 0 spiro atoms. The number of aromatic nitrogens is 2. The number of benzene rings is 1. The molecule has 1 aliphatic rings. The zero-order valence-electron chi connectivity index (χ0n) is 17.4. The Morgan fingerprint density at radius 3 is 2.45 bits per heavy atom. The van der Waals surface area contributed by atoms with Gasteiger partial charge in [0.05, 0.1) is 11.6 Å². The molecule has 1 aliphatic carbocycles. The topological polar surface area (TPSA) is 53.4 Å². The first-order valence-corrected chi connectivity index (χ1v) is 10.0. The zero-order chi connectivity index (χ0) is 22.4. The van der Waals surface area contributed by atoms with Crippen LogP contribution in [0, 0.1) is 0 Å². The number of carbonyl (C=O) groups is 1. The molecule has 2 aromatic heterocycles. The molecule has 0 N–H and O–H groups in total. The van der Waals surface area contributed by atoms with Gasteiger partial charge in [-0.25, -0.2) is 4.79 Å². The van der Waals surface area contributed by atoms with Crippen molar-refractivity contribution in [1.29, 1.82) is 0 Å². The van der Waals surface area contributed by atoms with Crippen molar-refractivity contribution >= 4 is 17.0 Å². The van der Waals surface area contributed by atoms with Crippen molar-refractivity contribution in [2.45, 2.75) is 57.4 Å². The number of hydrogen-bond donors (Lipinski definition) is 0. The van der Waals surface area contributed by atoms with Crippen LogP contribution in [0.4, 0.5) is 18.0 Å². The van der Waals surface area contributed by atoms with Gasteiger partial charge in [0, 0.05) is 17.8 Å². The van der Waals surface area contributed by atoms with Gasteiger partial charge in [-0.3, -0.25) is 9.55 Å². The van der Waals surface area contributed by atoms with E-state index < -0.39 is 23.6 Å². The minimum absolute atomic E-state index is 0.0160. The first-order chi connectivity index (χ1) is 14.5. The molecule has 0 radical (unpaired) electrons. The van der Waals surface area contributed by atoms with Crippen molar-refractivity contribution in [2.24, 2.45) is 0 Å². The van der Waals surface area contributed by atoms with Gasteiger partial charge in [-0.15, -0.1) is 0 Å². The number of hydrogen-bond acceptors (Lipinski definition) is 4. The molecule has 5 nitrogen and oxygen atoms in total. The van der Waals surface area contributed by atoms with Crippen LogP contribution in [0.2, 0.25) is 0 Å². The first kappa shape index (κ1) is 21.2. The van der Waals surface area contributed by atoms with E-state index in [1.165, 1.54) is 16.8 Å². The fourth-order valence-corrected chi connectivity index (χ4v) is 3.61. The number of pyridine rings is 1. The molecule has 3 aromatic rings. The molecule has 4 rings (SSSR count). The van der Waals surface area contributed by atoms with Crippen LogP contribution in [0.1, 0.15) is 50.8 Å². The molecule has 0 bridgehead atoms. The monoisotopic (exact) mass is 432 g/mol.